The van der Waals surface area contributed by atoms with E-state index in [-0.39, 0.29) is 11.7 Å². The quantitative estimate of drug-likeness (QED) is 0.185. The Hall–Kier alpha value is -1.30. The van der Waals surface area contributed by atoms with Gasteiger partial charge in [0.1, 0.15) is 5.41 Å². The molecule has 0 radical (unpaired) electrons. The monoisotopic (exact) mass is 273 g/mol. The van der Waals surface area contributed by atoms with Crippen molar-refractivity contribution in [1.29, 1.82) is 0 Å². The number of rotatable bonds is 10. The zero-order valence-corrected chi connectivity index (χ0v) is 12.2. The summed E-state index contributed by atoms with van der Waals surface area (Å²) in [7, 11) is 0. The lowest BCUT2D eigenvalue weighted by molar-refractivity contribution is -0.128. The van der Waals surface area contributed by atoms with Gasteiger partial charge in [0, 0.05) is 13.2 Å². The van der Waals surface area contributed by atoms with Crippen molar-refractivity contribution in [1.82, 2.24) is 5.32 Å². The molecule has 1 amide bonds. The van der Waals surface area contributed by atoms with E-state index in [1.54, 1.807) is 0 Å². The molecule has 19 heavy (non-hydrogen) atoms. The maximum Gasteiger partial charge on any atom is 0.234 e. The van der Waals surface area contributed by atoms with Gasteiger partial charge in [-0.15, -0.1) is 0 Å². The number of nitrogens with one attached hydrogen (secondary N) is 1. The van der Waals surface area contributed by atoms with E-state index in [0.29, 0.717) is 32.6 Å². The summed E-state index contributed by atoms with van der Waals surface area (Å²) in [5, 5.41) is 14.8. The fraction of sp³-hybridized carbons (Fsp3) is 0.846. The van der Waals surface area contributed by atoms with Gasteiger partial charge < -0.3 is 21.0 Å². The Labute approximate surface area is 115 Å². The molecule has 0 bridgehead atoms. The van der Waals surface area contributed by atoms with Crippen LogP contribution in [0.1, 0.15) is 46.5 Å². The minimum atomic E-state index is -0.912. The second-order valence-corrected chi connectivity index (χ2v) is 4.52. The molecule has 0 aliphatic carbocycles. The van der Waals surface area contributed by atoms with Crippen molar-refractivity contribution < 1.29 is 14.7 Å². The van der Waals surface area contributed by atoms with E-state index in [9.17, 15) is 4.79 Å². The molecular weight excluding hydrogens is 246 g/mol. The predicted octanol–water partition coefficient (Wildman–Crippen LogP) is 1.47. The Kier molecular flexibility index (Phi) is 8.95. The van der Waals surface area contributed by atoms with Gasteiger partial charge in [-0.3, -0.25) is 4.79 Å². The van der Waals surface area contributed by atoms with Crippen molar-refractivity contribution >= 4 is 11.7 Å². The highest BCUT2D eigenvalue weighted by Crippen LogP contribution is 2.30. The molecule has 0 saturated heterocycles. The van der Waals surface area contributed by atoms with E-state index < -0.39 is 5.41 Å². The van der Waals surface area contributed by atoms with Crippen molar-refractivity contribution in [2.75, 3.05) is 19.8 Å². The van der Waals surface area contributed by atoms with Crippen molar-refractivity contribution in [2.24, 2.45) is 16.3 Å². The largest absolute Gasteiger partial charge is 0.409 e. The Morgan fingerprint density at radius 3 is 2.32 bits per heavy atom. The Bertz CT molecular complexity index is 287. The first-order valence-electron chi connectivity index (χ1n) is 6.93. The lowest BCUT2D eigenvalue weighted by Gasteiger charge is -2.30. The number of hydrogen-bond acceptors (Lipinski definition) is 4. The van der Waals surface area contributed by atoms with Crippen molar-refractivity contribution in [2.45, 2.75) is 46.5 Å². The van der Waals surface area contributed by atoms with Crippen molar-refractivity contribution in [3.05, 3.63) is 0 Å². The van der Waals surface area contributed by atoms with Gasteiger partial charge >= 0.3 is 0 Å². The molecule has 0 aromatic carbocycles. The first-order valence-corrected chi connectivity index (χ1v) is 6.93. The average molecular weight is 273 g/mol. The standard InChI is InChI=1S/C13H27N3O3/c1-4-7-13(8-5-2,11(14)16-18)12(17)15-9-10-19-6-3/h18H,4-10H2,1-3H3,(H2,14,16)(H,15,17). The molecule has 0 heterocycles. The van der Waals surface area contributed by atoms with E-state index >= 15 is 0 Å². The molecule has 0 unspecified atom stereocenters. The SMILES string of the molecule is CCCC(CCC)(C(=O)NCCOCC)C(N)=NO. The third-order valence-electron chi connectivity index (χ3n) is 3.12. The Morgan fingerprint density at radius 1 is 1.32 bits per heavy atom. The minimum absolute atomic E-state index is 0.00916. The number of carbonyl (C=O) groups excluding carboxylic acids is 1. The van der Waals surface area contributed by atoms with Crippen LogP contribution in [-0.2, 0) is 9.53 Å². The van der Waals surface area contributed by atoms with Gasteiger partial charge in [0.05, 0.1) is 6.61 Å². The van der Waals surface area contributed by atoms with Crippen molar-refractivity contribution in [3.63, 3.8) is 0 Å². The van der Waals surface area contributed by atoms with Gasteiger partial charge in [0.2, 0.25) is 5.91 Å². The van der Waals surface area contributed by atoms with E-state index in [2.05, 4.69) is 10.5 Å². The smallest absolute Gasteiger partial charge is 0.234 e. The lowest BCUT2D eigenvalue weighted by Crippen LogP contribution is -2.50. The van der Waals surface area contributed by atoms with E-state index in [1.165, 1.54) is 0 Å². The molecule has 6 nitrogen and oxygen atoms in total. The number of carbonyl (C=O) groups is 1. The summed E-state index contributed by atoms with van der Waals surface area (Å²) in [6.07, 6.45) is 2.71. The van der Waals surface area contributed by atoms with Gasteiger partial charge in [0.15, 0.2) is 5.84 Å². The number of ether oxygens (including phenoxy) is 1. The second kappa shape index (κ2) is 9.61. The molecule has 0 aliphatic rings. The summed E-state index contributed by atoms with van der Waals surface area (Å²) in [5.74, 6) is -0.198. The minimum Gasteiger partial charge on any atom is -0.409 e. The molecule has 112 valence electrons. The third-order valence-corrected chi connectivity index (χ3v) is 3.12. The van der Waals surface area contributed by atoms with Gasteiger partial charge in [0.25, 0.3) is 0 Å². The topological polar surface area (TPSA) is 96.9 Å². The average Bonchev–Trinajstić information content (AvgIpc) is 2.42. The second-order valence-electron chi connectivity index (χ2n) is 4.52. The van der Waals surface area contributed by atoms with Gasteiger partial charge in [-0.05, 0) is 19.8 Å². The summed E-state index contributed by atoms with van der Waals surface area (Å²) < 4.78 is 5.18. The van der Waals surface area contributed by atoms with E-state index in [1.807, 2.05) is 20.8 Å². The van der Waals surface area contributed by atoms with Crippen molar-refractivity contribution in [3.8, 4) is 0 Å². The Balaban J connectivity index is 4.83. The number of nitrogens with two attached hydrogens (primary N) is 1. The van der Waals surface area contributed by atoms with Crippen LogP contribution in [0.4, 0.5) is 0 Å². The first-order chi connectivity index (χ1) is 9.08. The maximum atomic E-state index is 12.4. The first kappa shape index (κ1) is 17.7. The number of hydrogen-bond donors (Lipinski definition) is 3. The van der Waals surface area contributed by atoms with Crippen LogP contribution >= 0.6 is 0 Å². The molecule has 0 atom stereocenters. The zero-order chi connectivity index (χ0) is 14.7. The maximum absolute atomic E-state index is 12.4. The van der Waals surface area contributed by atoms with E-state index in [0.717, 1.165) is 12.8 Å². The molecule has 0 aromatic rings. The van der Waals surface area contributed by atoms with E-state index in [4.69, 9.17) is 15.7 Å². The predicted molar refractivity (Wildman–Crippen MR) is 75.2 cm³/mol. The number of oxime groups is 1. The summed E-state index contributed by atoms with van der Waals surface area (Å²) in [4.78, 5) is 12.4. The van der Waals surface area contributed by atoms with Crippen LogP contribution < -0.4 is 11.1 Å². The summed E-state index contributed by atoms with van der Waals surface area (Å²) in [6.45, 7) is 7.36. The summed E-state index contributed by atoms with van der Waals surface area (Å²) >= 11 is 0. The molecule has 6 heteroatoms. The summed E-state index contributed by atoms with van der Waals surface area (Å²) in [6, 6.07) is 0. The van der Waals surface area contributed by atoms with Crippen LogP contribution in [0, 0.1) is 5.41 Å². The third kappa shape index (κ3) is 5.06. The highest BCUT2D eigenvalue weighted by Gasteiger charge is 2.41. The van der Waals surface area contributed by atoms with Crippen LogP contribution in [0.5, 0.6) is 0 Å². The highest BCUT2D eigenvalue weighted by atomic mass is 16.5. The zero-order valence-electron chi connectivity index (χ0n) is 12.2. The lowest BCUT2D eigenvalue weighted by atomic mass is 9.77. The van der Waals surface area contributed by atoms with Crippen LogP contribution in [-0.4, -0.2) is 36.7 Å². The molecule has 0 aliphatic heterocycles. The van der Waals surface area contributed by atoms with Gasteiger partial charge in [-0.25, -0.2) is 0 Å². The van der Waals surface area contributed by atoms with Crippen LogP contribution in [0.3, 0.4) is 0 Å². The number of amides is 1. The molecule has 0 rings (SSSR count). The van der Waals surface area contributed by atoms with Crippen LogP contribution in [0.15, 0.2) is 5.16 Å². The molecule has 0 fully saturated rings. The van der Waals surface area contributed by atoms with Gasteiger partial charge in [-0.1, -0.05) is 31.8 Å². The number of nitrogens with zero attached hydrogens (tertiary/aromatic N) is 1. The fourth-order valence-electron chi connectivity index (χ4n) is 2.22. The molecule has 0 saturated carbocycles. The number of amidine groups is 1. The van der Waals surface area contributed by atoms with Crippen LogP contribution in [0.25, 0.3) is 0 Å². The highest BCUT2D eigenvalue weighted by molar-refractivity contribution is 6.06. The molecule has 0 aromatic heterocycles. The Morgan fingerprint density at radius 2 is 1.89 bits per heavy atom. The van der Waals surface area contributed by atoms with Gasteiger partial charge in [-0.2, -0.15) is 0 Å². The summed E-state index contributed by atoms with van der Waals surface area (Å²) in [5.41, 5.74) is 4.85. The normalized spacial score (nSPS) is 12.5. The molecular formula is C13H27N3O3. The molecule has 0 spiro atoms. The molecule has 4 N–H and O–H groups in total. The van der Waals surface area contributed by atoms with Crippen LogP contribution in [0.2, 0.25) is 0 Å². The fourth-order valence-corrected chi connectivity index (χ4v) is 2.22.